The number of carbonyl (C=O) groups is 1. The lowest BCUT2D eigenvalue weighted by Crippen LogP contribution is -2.24. The molecule has 0 saturated heterocycles. The van der Waals surface area contributed by atoms with Crippen molar-refractivity contribution in [3.63, 3.8) is 0 Å². The maximum absolute atomic E-state index is 12.4. The lowest BCUT2D eigenvalue weighted by Gasteiger charge is -2.09. The number of nitrogens with one attached hydrogen (secondary N) is 1. The minimum absolute atomic E-state index is 0.304. The summed E-state index contributed by atoms with van der Waals surface area (Å²) in [5.74, 6) is 0.409. The Bertz CT molecular complexity index is 813. The Morgan fingerprint density at radius 3 is 2.56 bits per heavy atom. The number of hydrogen-bond acceptors (Lipinski definition) is 5. The van der Waals surface area contributed by atoms with Crippen LogP contribution in [0.4, 0.5) is 0 Å². The number of rotatable bonds is 7. The Hall–Kier alpha value is -2.70. The monoisotopic (exact) mass is 351 g/mol. The normalized spacial score (nSPS) is 10.4. The summed E-state index contributed by atoms with van der Waals surface area (Å²) < 4.78 is 0. The number of pyridine rings is 2. The summed E-state index contributed by atoms with van der Waals surface area (Å²) in [6, 6.07) is 17.0. The highest BCUT2D eigenvalue weighted by molar-refractivity contribution is 7.98. The van der Waals surface area contributed by atoms with Gasteiger partial charge in [-0.05, 0) is 35.4 Å². The molecule has 3 rings (SSSR count). The number of hydroxylamine groups is 1. The summed E-state index contributed by atoms with van der Waals surface area (Å²) in [6.07, 6.45) is 5.18. The Morgan fingerprint density at radius 1 is 0.960 bits per heavy atom. The second-order valence-corrected chi connectivity index (χ2v) is 6.17. The second-order valence-electron chi connectivity index (χ2n) is 5.21. The summed E-state index contributed by atoms with van der Waals surface area (Å²) in [4.78, 5) is 26.0. The summed E-state index contributed by atoms with van der Waals surface area (Å²) in [5, 5.41) is 0.667. The molecule has 126 valence electrons. The molecule has 0 fully saturated rings. The van der Waals surface area contributed by atoms with E-state index in [1.807, 2.05) is 42.5 Å². The van der Waals surface area contributed by atoms with E-state index in [4.69, 9.17) is 4.84 Å². The summed E-state index contributed by atoms with van der Waals surface area (Å²) >= 11 is 1.50. The Kier molecular flexibility index (Phi) is 6.14. The first-order valence-corrected chi connectivity index (χ1v) is 8.74. The summed E-state index contributed by atoms with van der Waals surface area (Å²) in [7, 11) is 0. The molecule has 0 aliphatic rings. The van der Waals surface area contributed by atoms with Crippen molar-refractivity contribution in [2.75, 3.05) is 0 Å². The average Bonchev–Trinajstić information content (AvgIpc) is 2.68. The maximum atomic E-state index is 12.4. The van der Waals surface area contributed by atoms with Gasteiger partial charge in [-0.1, -0.05) is 30.3 Å². The zero-order valence-corrected chi connectivity index (χ0v) is 14.3. The first-order valence-electron chi connectivity index (χ1n) is 7.76. The topological polar surface area (TPSA) is 64.1 Å². The molecule has 0 spiro atoms. The molecule has 5 nitrogen and oxygen atoms in total. The minimum atomic E-state index is -0.304. The fraction of sp³-hybridized carbons (Fsp3) is 0.105. The van der Waals surface area contributed by atoms with Gasteiger partial charge in [0.2, 0.25) is 0 Å². The highest BCUT2D eigenvalue weighted by Crippen LogP contribution is 2.23. The largest absolute Gasteiger partial charge is 0.277 e. The van der Waals surface area contributed by atoms with Crippen molar-refractivity contribution in [3.05, 3.63) is 89.9 Å². The van der Waals surface area contributed by atoms with Crippen LogP contribution < -0.4 is 5.48 Å². The number of hydrogen-bond donors (Lipinski definition) is 1. The number of nitrogens with zero attached hydrogens (tertiary/aromatic N) is 2. The van der Waals surface area contributed by atoms with Crippen molar-refractivity contribution in [2.24, 2.45) is 0 Å². The molecule has 2 aromatic heterocycles. The van der Waals surface area contributed by atoms with Crippen LogP contribution in [0.15, 0.2) is 78.2 Å². The molecule has 0 unspecified atom stereocenters. The fourth-order valence-corrected chi connectivity index (χ4v) is 3.07. The van der Waals surface area contributed by atoms with Gasteiger partial charge in [-0.3, -0.25) is 14.6 Å². The van der Waals surface area contributed by atoms with E-state index in [1.54, 1.807) is 30.7 Å². The smallest absolute Gasteiger partial charge is 0.269 e. The quantitative estimate of drug-likeness (QED) is 0.520. The highest BCUT2D eigenvalue weighted by atomic mass is 32.2. The van der Waals surface area contributed by atoms with Crippen LogP contribution in [0, 0.1) is 0 Å². The third-order valence-electron chi connectivity index (χ3n) is 3.39. The first kappa shape index (κ1) is 17.1. The van der Waals surface area contributed by atoms with Crippen LogP contribution in [-0.4, -0.2) is 15.9 Å². The van der Waals surface area contributed by atoms with E-state index in [0.29, 0.717) is 22.9 Å². The van der Waals surface area contributed by atoms with Crippen LogP contribution in [0.1, 0.15) is 21.5 Å². The Labute approximate surface area is 150 Å². The third kappa shape index (κ3) is 5.14. The summed E-state index contributed by atoms with van der Waals surface area (Å²) in [5.41, 5.74) is 5.09. The molecule has 0 bridgehead atoms. The molecule has 1 aromatic carbocycles. The molecular weight excluding hydrogens is 334 g/mol. The molecule has 3 aromatic rings. The zero-order valence-electron chi connectivity index (χ0n) is 13.5. The minimum Gasteiger partial charge on any atom is -0.269 e. The predicted molar refractivity (Wildman–Crippen MR) is 96.7 cm³/mol. The van der Waals surface area contributed by atoms with Crippen molar-refractivity contribution in [1.82, 2.24) is 15.4 Å². The molecule has 2 heterocycles. The molecule has 0 atom stereocenters. The van der Waals surface area contributed by atoms with Crippen LogP contribution in [0.25, 0.3) is 0 Å². The van der Waals surface area contributed by atoms with E-state index in [9.17, 15) is 4.79 Å². The SMILES string of the molecule is O=C(NOCc1ccccc1)c1cccnc1SCc1ccncc1. The van der Waals surface area contributed by atoms with Crippen molar-refractivity contribution in [1.29, 1.82) is 0 Å². The molecule has 0 radical (unpaired) electrons. The van der Waals surface area contributed by atoms with Crippen LogP contribution in [-0.2, 0) is 17.2 Å². The van der Waals surface area contributed by atoms with Crippen molar-refractivity contribution in [3.8, 4) is 0 Å². The number of aromatic nitrogens is 2. The van der Waals surface area contributed by atoms with Crippen LogP contribution in [0.5, 0.6) is 0 Å². The lowest BCUT2D eigenvalue weighted by molar-refractivity contribution is 0.0230. The zero-order chi connectivity index (χ0) is 17.3. The molecule has 1 amide bonds. The molecule has 6 heteroatoms. The van der Waals surface area contributed by atoms with E-state index in [2.05, 4.69) is 15.4 Å². The number of amides is 1. The van der Waals surface area contributed by atoms with E-state index < -0.39 is 0 Å². The second kappa shape index (κ2) is 8.96. The van der Waals surface area contributed by atoms with E-state index >= 15 is 0 Å². The highest BCUT2D eigenvalue weighted by Gasteiger charge is 2.13. The van der Waals surface area contributed by atoms with Gasteiger partial charge < -0.3 is 0 Å². The van der Waals surface area contributed by atoms with E-state index in [1.165, 1.54) is 11.8 Å². The van der Waals surface area contributed by atoms with Gasteiger partial charge in [-0.25, -0.2) is 10.5 Å². The van der Waals surface area contributed by atoms with Gasteiger partial charge in [0.25, 0.3) is 5.91 Å². The lowest BCUT2D eigenvalue weighted by atomic mass is 10.2. The van der Waals surface area contributed by atoms with Crippen molar-refractivity contribution in [2.45, 2.75) is 17.4 Å². The third-order valence-corrected chi connectivity index (χ3v) is 4.46. The molecule has 1 N–H and O–H groups in total. The fourth-order valence-electron chi connectivity index (χ4n) is 2.12. The number of benzene rings is 1. The van der Waals surface area contributed by atoms with E-state index in [0.717, 1.165) is 11.1 Å². The van der Waals surface area contributed by atoms with Gasteiger partial charge >= 0.3 is 0 Å². The predicted octanol–water partition coefficient (Wildman–Crippen LogP) is 3.63. The molecule has 25 heavy (non-hydrogen) atoms. The Balaban J connectivity index is 1.58. The molecular formula is C19H17N3O2S. The van der Waals surface area contributed by atoms with Crippen molar-refractivity contribution >= 4 is 17.7 Å². The Morgan fingerprint density at radius 2 is 1.76 bits per heavy atom. The summed E-state index contributed by atoms with van der Waals surface area (Å²) in [6.45, 7) is 0.312. The van der Waals surface area contributed by atoms with Crippen LogP contribution in [0.3, 0.4) is 0 Å². The molecule has 0 saturated carbocycles. The van der Waals surface area contributed by atoms with Crippen LogP contribution >= 0.6 is 11.8 Å². The standard InChI is InChI=1S/C19H17N3O2S/c23-18(22-24-13-15-5-2-1-3-6-15)17-7-4-10-21-19(17)25-14-16-8-11-20-12-9-16/h1-12H,13-14H2,(H,22,23). The first-order chi connectivity index (χ1) is 12.3. The number of thioether (sulfide) groups is 1. The molecule has 0 aliphatic heterocycles. The maximum Gasteiger partial charge on any atom is 0.277 e. The molecule has 0 aliphatic carbocycles. The van der Waals surface area contributed by atoms with Gasteiger partial charge in [0.05, 0.1) is 12.2 Å². The van der Waals surface area contributed by atoms with Gasteiger partial charge in [0.1, 0.15) is 5.03 Å². The van der Waals surface area contributed by atoms with Gasteiger partial charge in [-0.15, -0.1) is 11.8 Å². The average molecular weight is 351 g/mol. The van der Waals surface area contributed by atoms with Crippen molar-refractivity contribution < 1.29 is 9.63 Å². The van der Waals surface area contributed by atoms with E-state index in [-0.39, 0.29) is 5.91 Å². The van der Waals surface area contributed by atoms with Gasteiger partial charge in [-0.2, -0.15) is 0 Å². The van der Waals surface area contributed by atoms with Gasteiger partial charge in [0, 0.05) is 24.3 Å². The van der Waals surface area contributed by atoms with Gasteiger partial charge in [0.15, 0.2) is 0 Å². The van der Waals surface area contributed by atoms with Crippen LogP contribution in [0.2, 0.25) is 0 Å². The number of carbonyl (C=O) groups excluding carboxylic acids is 1.